The number of para-hydroxylation sites is 1. The average Bonchev–Trinajstić information content (AvgIpc) is 3.16. The van der Waals surface area contributed by atoms with Gasteiger partial charge in [0.2, 0.25) is 0 Å². The molecule has 0 bridgehead atoms. The summed E-state index contributed by atoms with van der Waals surface area (Å²) in [6, 6.07) is 8.74. The van der Waals surface area contributed by atoms with Crippen molar-refractivity contribution >= 4 is 5.69 Å². The van der Waals surface area contributed by atoms with Crippen LogP contribution < -0.4 is 5.73 Å². The Morgan fingerprint density at radius 1 is 1.32 bits per heavy atom. The fourth-order valence-corrected chi connectivity index (χ4v) is 2.33. The number of anilines is 1. The molecular formula is C14H19N5. The van der Waals surface area contributed by atoms with E-state index in [1.807, 2.05) is 31.4 Å². The molecule has 0 aliphatic heterocycles. The maximum absolute atomic E-state index is 6.03. The van der Waals surface area contributed by atoms with E-state index in [9.17, 15) is 0 Å². The number of aromatic nitrogens is 3. The smallest absolute Gasteiger partial charge is 0.0967 e. The lowest BCUT2D eigenvalue weighted by Crippen LogP contribution is -2.25. The predicted octanol–water partition coefficient (Wildman–Crippen LogP) is 1.56. The van der Waals surface area contributed by atoms with Crippen molar-refractivity contribution in [2.24, 2.45) is 7.05 Å². The van der Waals surface area contributed by atoms with Gasteiger partial charge in [-0.2, -0.15) is 0 Å². The van der Waals surface area contributed by atoms with E-state index in [2.05, 4.69) is 21.3 Å². The zero-order valence-electron chi connectivity index (χ0n) is 11.2. The first-order valence-electron chi connectivity index (χ1n) is 6.65. The quantitative estimate of drug-likeness (QED) is 0.826. The molecule has 0 atom stereocenters. The van der Waals surface area contributed by atoms with E-state index in [1.54, 1.807) is 4.68 Å². The molecule has 1 aromatic carbocycles. The Balaban J connectivity index is 1.73. The van der Waals surface area contributed by atoms with Gasteiger partial charge in [0.25, 0.3) is 0 Å². The van der Waals surface area contributed by atoms with Crippen molar-refractivity contribution in [3.63, 3.8) is 0 Å². The van der Waals surface area contributed by atoms with Crippen LogP contribution >= 0.6 is 0 Å². The molecule has 1 heterocycles. The lowest BCUT2D eigenvalue weighted by atomic mass is 10.1. The SMILES string of the molecule is Cn1cc(CN(Cc2ccccc2N)C2CC2)nn1. The first-order chi connectivity index (χ1) is 9.22. The molecule has 0 saturated heterocycles. The van der Waals surface area contributed by atoms with Gasteiger partial charge in [0.1, 0.15) is 0 Å². The van der Waals surface area contributed by atoms with Crippen LogP contribution in [-0.2, 0) is 20.1 Å². The van der Waals surface area contributed by atoms with Gasteiger partial charge in [0.15, 0.2) is 0 Å². The van der Waals surface area contributed by atoms with E-state index in [0.29, 0.717) is 6.04 Å². The number of hydrogen-bond donors (Lipinski definition) is 1. The van der Waals surface area contributed by atoms with Crippen molar-refractivity contribution in [3.05, 3.63) is 41.7 Å². The van der Waals surface area contributed by atoms with Crippen LogP contribution in [0.2, 0.25) is 0 Å². The van der Waals surface area contributed by atoms with Gasteiger partial charge in [-0.1, -0.05) is 23.4 Å². The third-order valence-corrected chi connectivity index (χ3v) is 3.51. The Morgan fingerprint density at radius 2 is 2.11 bits per heavy atom. The molecule has 100 valence electrons. The monoisotopic (exact) mass is 257 g/mol. The Hall–Kier alpha value is -1.88. The van der Waals surface area contributed by atoms with Crippen LogP contribution in [0.15, 0.2) is 30.5 Å². The number of nitrogen functional groups attached to an aromatic ring is 1. The lowest BCUT2D eigenvalue weighted by Gasteiger charge is -2.21. The highest BCUT2D eigenvalue weighted by Crippen LogP contribution is 2.30. The van der Waals surface area contributed by atoms with Gasteiger partial charge in [-0.25, -0.2) is 0 Å². The summed E-state index contributed by atoms with van der Waals surface area (Å²) in [7, 11) is 1.90. The minimum Gasteiger partial charge on any atom is -0.398 e. The van der Waals surface area contributed by atoms with Crippen LogP contribution in [0.4, 0.5) is 5.69 Å². The Morgan fingerprint density at radius 3 is 2.74 bits per heavy atom. The second-order valence-corrected chi connectivity index (χ2v) is 5.22. The molecule has 1 aliphatic carbocycles. The number of benzene rings is 1. The zero-order valence-corrected chi connectivity index (χ0v) is 11.2. The lowest BCUT2D eigenvalue weighted by molar-refractivity contribution is 0.243. The molecule has 2 aromatic rings. The van der Waals surface area contributed by atoms with Crippen molar-refractivity contribution < 1.29 is 0 Å². The van der Waals surface area contributed by atoms with E-state index in [1.165, 1.54) is 18.4 Å². The van der Waals surface area contributed by atoms with E-state index in [0.717, 1.165) is 24.5 Å². The molecule has 5 heteroatoms. The van der Waals surface area contributed by atoms with Crippen LogP contribution in [0.25, 0.3) is 0 Å². The van der Waals surface area contributed by atoms with Crippen molar-refractivity contribution in [1.82, 2.24) is 19.9 Å². The second-order valence-electron chi connectivity index (χ2n) is 5.22. The summed E-state index contributed by atoms with van der Waals surface area (Å²) in [4.78, 5) is 2.44. The zero-order chi connectivity index (χ0) is 13.2. The number of aryl methyl sites for hydroxylation is 1. The standard InChI is InChI=1S/C14H19N5/c1-18-9-12(16-17-18)10-19(13-6-7-13)8-11-4-2-3-5-14(11)15/h2-5,9,13H,6-8,10,15H2,1H3. The van der Waals surface area contributed by atoms with Gasteiger partial charge in [0, 0.05) is 38.1 Å². The highest BCUT2D eigenvalue weighted by molar-refractivity contribution is 5.46. The summed E-state index contributed by atoms with van der Waals surface area (Å²) >= 11 is 0. The van der Waals surface area contributed by atoms with Crippen LogP contribution in [0, 0.1) is 0 Å². The summed E-state index contributed by atoms with van der Waals surface area (Å²) in [6.07, 6.45) is 4.52. The van der Waals surface area contributed by atoms with Crippen molar-refractivity contribution in [2.75, 3.05) is 5.73 Å². The topological polar surface area (TPSA) is 60.0 Å². The summed E-state index contributed by atoms with van der Waals surface area (Å²) in [5, 5.41) is 8.16. The molecule has 1 fully saturated rings. The van der Waals surface area contributed by atoms with Crippen molar-refractivity contribution in [2.45, 2.75) is 32.0 Å². The van der Waals surface area contributed by atoms with E-state index < -0.39 is 0 Å². The van der Waals surface area contributed by atoms with Gasteiger partial charge in [-0.3, -0.25) is 9.58 Å². The Bertz CT molecular complexity index is 558. The Labute approximate surface area is 113 Å². The highest BCUT2D eigenvalue weighted by Gasteiger charge is 2.29. The normalized spacial score (nSPS) is 15.1. The third-order valence-electron chi connectivity index (χ3n) is 3.51. The number of rotatable bonds is 5. The second kappa shape index (κ2) is 5.01. The molecule has 2 N–H and O–H groups in total. The predicted molar refractivity (Wildman–Crippen MR) is 74.1 cm³/mol. The molecule has 0 radical (unpaired) electrons. The highest BCUT2D eigenvalue weighted by atomic mass is 15.4. The molecular weight excluding hydrogens is 238 g/mol. The van der Waals surface area contributed by atoms with Crippen LogP contribution in [0.1, 0.15) is 24.1 Å². The summed E-state index contributed by atoms with van der Waals surface area (Å²) in [6.45, 7) is 1.72. The van der Waals surface area contributed by atoms with Crippen LogP contribution in [0.5, 0.6) is 0 Å². The van der Waals surface area contributed by atoms with E-state index in [-0.39, 0.29) is 0 Å². The van der Waals surface area contributed by atoms with Gasteiger partial charge >= 0.3 is 0 Å². The van der Waals surface area contributed by atoms with Crippen molar-refractivity contribution in [1.29, 1.82) is 0 Å². The largest absolute Gasteiger partial charge is 0.398 e. The minimum absolute atomic E-state index is 0.668. The molecule has 3 rings (SSSR count). The maximum Gasteiger partial charge on any atom is 0.0967 e. The fourth-order valence-electron chi connectivity index (χ4n) is 2.33. The first kappa shape index (κ1) is 12.2. The fraction of sp³-hybridized carbons (Fsp3) is 0.429. The molecule has 19 heavy (non-hydrogen) atoms. The Kier molecular flexibility index (Phi) is 3.21. The van der Waals surface area contributed by atoms with Gasteiger partial charge in [-0.15, -0.1) is 5.10 Å². The molecule has 1 aromatic heterocycles. The number of nitrogens with two attached hydrogens (primary N) is 1. The molecule has 1 saturated carbocycles. The number of hydrogen-bond acceptors (Lipinski definition) is 4. The van der Waals surface area contributed by atoms with Gasteiger partial charge in [0.05, 0.1) is 5.69 Å². The summed E-state index contributed by atoms with van der Waals surface area (Å²) < 4.78 is 1.75. The minimum atomic E-state index is 0.668. The summed E-state index contributed by atoms with van der Waals surface area (Å²) in [5.41, 5.74) is 9.11. The molecule has 5 nitrogen and oxygen atoms in total. The van der Waals surface area contributed by atoms with E-state index in [4.69, 9.17) is 5.73 Å². The molecule has 0 spiro atoms. The number of nitrogens with zero attached hydrogens (tertiary/aromatic N) is 4. The van der Waals surface area contributed by atoms with Gasteiger partial charge < -0.3 is 5.73 Å². The molecule has 1 aliphatic rings. The summed E-state index contributed by atoms with van der Waals surface area (Å²) in [5.74, 6) is 0. The van der Waals surface area contributed by atoms with Crippen molar-refractivity contribution in [3.8, 4) is 0 Å². The van der Waals surface area contributed by atoms with Gasteiger partial charge in [-0.05, 0) is 24.5 Å². The van der Waals surface area contributed by atoms with E-state index >= 15 is 0 Å². The van der Waals surface area contributed by atoms with Crippen LogP contribution in [0.3, 0.4) is 0 Å². The average molecular weight is 257 g/mol. The first-order valence-corrected chi connectivity index (χ1v) is 6.65. The third kappa shape index (κ3) is 2.93. The van der Waals surface area contributed by atoms with Crippen LogP contribution in [-0.4, -0.2) is 25.9 Å². The molecule has 0 unspecified atom stereocenters. The molecule has 0 amide bonds. The maximum atomic E-state index is 6.03.